The van der Waals surface area contributed by atoms with Gasteiger partial charge in [0.2, 0.25) is 5.88 Å². The summed E-state index contributed by atoms with van der Waals surface area (Å²) in [5.41, 5.74) is 0.150. The second-order valence-corrected chi connectivity index (χ2v) is 8.04. The van der Waals surface area contributed by atoms with Crippen molar-refractivity contribution >= 4 is 5.91 Å². The van der Waals surface area contributed by atoms with Crippen molar-refractivity contribution < 1.29 is 24.1 Å². The van der Waals surface area contributed by atoms with Gasteiger partial charge in [-0.15, -0.1) is 0 Å². The lowest BCUT2D eigenvalue weighted by molar-refractivity contribution is 0.0783. The number of aromatic hydroxyl groups is 1. The van der Waals surface area contributed by atoms with Crippen LogP contribution in [0.5, 0.6) is 17.4 Å². The van der Waals surface area contributed by atoms with Gasteiger partial charge in [0.25, 0.3) is 11.5 Å². The third-order valence-corrected chi connectivity index (χ3v) is 6.04. The molecule has 3 heterocycles. The standard InChI is InChI=1S/C25H28N4O6/c1-4-35-15-20-27-23(30)21(24(31)28-12-10-17(14-28)16-7-6-11-26-13-16)25(32)29(20)22-18(33-2)8-5-9-19(22)34-3/h5-9,11,13,17,30H,4,10,12,14-15H2,1-3H3. The molecule has 0 radical (unpaired) electrons. The summed E-state index contributed by atoms with van der Waals surface area (Å²) >= 11 is 0. The first kappa shape index (κ1) is 24.2. The van der Waals surface area contributed by atoms with Crippen LogP contribution in [-0.4, -0.2) is 64.4 Å². The average molecular weight is 481 g/mol. The van der Waals surface area contributed by atoms with Crippen LogP contribution in [0.2, 0.25) is 0 Å². The molecule has 0 bridgehead atoms. The maximum atomic E-state index is 13.8. The van der Waals surface area contributed by atoms with Crippen LogP contribution in [-0.2, 0) is 11.3 Å². The van der Waals surface area contributed by atoms with Gasteiger partial charge < -0.3 is 24.2 Å². The Labute approximate surface area is 202 Å². The molecule has 184 valence electrons. The molecule has 10 nitrogen and oxygen atoms in total. The van der Waals surface area contributed by atoms with Crippen LogP contribution in [0.1, 0.15) is 41.0 Å². The predicted molar refractivity (Wildman–Crippen MR) is 127 cm³/mol. The van der Waals surface area contributed by atoms with Crippen LogP contribution in [0.4, 0.5) is 0 Å². The Morgan fingerprint density at radius 2 is 1.91 bits per heavy atom. The molecule has 4 rings (SSSR count). The normalized spacial score (nSPS) is 15.3. The second-order valence-electron chi connectivity index (χ2n) is 8.04. The van der Waals surface area contributed by atoms with E-state index in [9.17, 15) is 14.7 Å². The van der Waals surface area contributed by atoms with Gasteiger partial charge in [0.05, 0.1) is 14.2 Å². The van der Waals surface area contributed by atoms with Gasteiger partial charge in [-0.25, -0.2) is 0 Å². The molecular formula is C25H28N4O6. The van der Waals surface area contributed by atoms with Gasteiger partial charge in [0.1, 0.15) is 29.6 Å². The zero-order valence-corrected chi connectivity index (χ0v) is 19.9. The number of benzene rings is 1. The number of para-hydroxylation sites is 1. The summed E-state index contributed by atoms with van der Waals surface area (Å²) in [5, 5.41) is 10.7. The molecule has 1 aromatic carbocycles. The lowest BCUT2D eigenvalue weighted by Gasteiger charge is -2.21. The number of nitrogens with zero attached hydrogens (tertiary/aromatic N) is 4. The number of ether oxygens (including phenoxy) is 3. The maximum absolute atomic E-state index is 13.8. The van der Waals surface area contributed by atoms with E-state index in [1.165, 1.54) is 18.8 Å². The molecule has 1 atom stereocenters. The van der Waals surface area contributed by atoms with E-state index in [0.717, 1.165) is 12.0 Å². The molecule has 1 N–H and O–H groups in total. The zero-order chi connectivity index (χ0) is 24.9. The van der Waals surface area contributed by atoms with Crippen molar-refractivity contribution in [1.29, 1.82) is 0 Å². The lowest BCUT2D eigenvalue weighted by atomic mass is 10.0. The fourth-order valence-corrected chi connectivity index (χ4v) is 4.31. The highest BCUT2D eigenvalue weighted by molar-refractivity contribution is 5.96. The topological polar surface area (TPSA) is 116 Å². The third kappa shape index (κ3) is 4.69. The van der Waals surface area contributed by atoms with E-state index in [1.807, 2.05) is 12.1 Å². The van der Waals surface area contributed by atoms with E-state index >= 15 is 0 Å². The van der Waals surface area contributed by atoms with Crippen molar-refractivity contribution in [3.05, 3.63) is 70.0 Å². The first-order valence-electron chi connectivity index (χ1n) is 11.3. The van der Waals surface area contributed by atoms with E-state index in [-0.39, 0.29) is 24.0 Å². The van der Waals surface area contributed by atoms with Gasteiger partial charge in [-0.1, -0.05) is 12.1 Å². The van der Waals surface area contributed by atoms with E-state index in [4.69, 9.17) is 14.2 Å². The zero-order valence-electron chi connectivity index (χ0n) is 19.9. The van der Waals surface area contributed by atoms with E-state index in [0.29, 0.717) is 31.2 Å². The number of carbonyl (C=O) groups excluding carboxylic acids is 1. The first-order chi connectivity index (χ1) is 17.0. The minimum atomic E-state index is -0.732. The van der Waals surface area contributed by atoms with Crippen molar-refractivity contribution in [3.63, 3.8) is 0 Å². The molecule has 0 saturated carbocycles. The van der Waals surface area contributed by atoms with Crippen molar-refractivity contribution in [2.45, 2.75) is 25.9 Å². The molecule has 35 heavy (non-hydrogen) atoms. The van der Waals surface area contributed by atoms with E-state index in [2.05, 4.69) is 9.97 Å². The van der Waals surface area contributed by atoms with E-state index in [1.54, 1.807) is 42.4 Å². The number of methoxy groups -OCH3 is 2. The van der Waals surface area contributed by atoms with Crippen LogP contribution in [0.3, 0.4) is 0 Å². The smallest absolute Gasteiger partial charge is 0.275 e. The molecule has 3 aromatic rings. The summed E-state index contributed by atoms with van der Waals surface area (Å²) in [4.78, 5) is 37.2. The monoisotopic (exact) mass is 480 g/mol. The van der Waals surface area contributed by atoms with Crippen molar-refractivity contribution in [2.24, 2.45) is 0 Å². The van der Waals surface area contributed by atoms with Crippen LogP contribution in [0, 0.1) is 0 Å². The highest BCUT2D eigenvalue weighted by Gasteiger charge is 2.33. The summed E-state index contributed by atoms with van der Waals surface area (Å²) in [6.07, 6.45) is 4.20. The molecule has 2 aromatic heterocycles. The number of likely N-dealkylation sites (tertiary alicyclic amines) is 1. The van der Waals surface area contributed by atoms with Gasteiger partial charge >= 0.3 is 0 Å². The van der Waals surface area contributed by atoms with Gasteiger partial charge in [-0.05, 0) is 37.1 Å². The largest absolute Gasteiger partial charge is 0.494 e. The Kier molecular flexibility index (Phi) is 7.31. The first-order valence-corrected chi connectivity index (χ1v) is 11.3. The number of aromatic nitrogens is 3. The SMILES string of the molecule is CCOCc1nc(O)c(C(=O)N2CCC(c3cccnc3)C2)c(=O)n1-c1c(OC)cccc1OC. The summed E-state index contributed by atoms with van der Waals surface area (Å²) < 4.78 is 17.7. The molecule has 1 aliphatic rings. The Balaban J connectivity index is 1.80. The molecule has 1 aliphatic heterocycles. The third-order valence-electron chi connectivity index (χ3n) is 6.04. The highest BCUT2D eigenvalue weighted by Crippen LogP contribution is 2.33. The number of carbonyl (C=O) groups is 1. The maximum Gasteiger partial charge on any atom is 0.275 e. The van der Waals surface area contributed by atoms with Crippen molar-refractivity contribution in [3.8, 4) is 23.1 Å². The summed E-state index contributed by atoms with van der Waals surface area (Å²) in [7, 11) is 2.93. The molecule has 0 spiro atoms. The lowest BCUT2D eigenvalue weighted by Crippen LogP contribution is -2.37. The fourth-order valence-electron chi connectivity index (χ4n) is 4.31. The molecule has 1 fully saturated rings. The highest BCUT2D eigenvalue weighted by atomic mass is 16.5. The van der Waals surface area contributed by atoms with Crippen LogP contribution < -0.4 is 15.0 Å². The van der Waals surface area contributed by atoms with Gasteiger partial charge in [0, 0.05) is 38.0 Å². The van der Waals surface area contributed by atoms with Crippen molar-refractivity contribution in [2.75, 3.05) is 33.9 Å². The summed E-state index contributed by atoms with van der Waals surface area (Å²) in [5.74, 6) is -0.331. The van der Waals surface area contributed by atoms with Gasteiger partial charge in [0.15, 0.2) is 5.56 Å². The Hall–Kier alpha value is -3.92. The molecule has 1 saturated heterocycles. The number of hydrogen-bond acceptors (Lipinski definition) is 8. The molecule has 1 unspecified atom stereocenters. The molecule has 1 amide bonds. The number of amides is 1. The average Bonchev–Trinajstić information content (AvgIpc) is 3.38. The van der Waals surface area contributed by atoms with Gasteiger partial charge in [-0.2, -0.15) is 4.98 Å². The molecular weight excluding hydrogens is 452 g/mol. The molecule has 0 aliphatic carbocycles. The number of pyridine rings is 1. The second kappa shape index (κ2) is 10.6. The van der Waals surface area contributed by atoms with Crippen LogP contribution in [0.25, 0.3) is 5.69 Å². The summed E-state index contributed by atoms with van der Waals surface area (Å²) in [6.45, 7) is 2.94. The van der Waals surface area contributed by atoms with Crippen LogP contribution >= 0.6 is 0 Å². The Bertz CT molecular complexity index is 1240. The quantitative estimate of drug-likeness (QED) is 0.523. The number of rotatable bonds is 8. The van der Waals surface area contributed by atoms with Crippen molar-refractivity contribution in [1.82, 2.24) is 19.4 Å². The van der Waals surface area contributed by atoms with Gasteiger partial charge in [-0.3, -0.25) is 19.1 Å². The van der Waals surface area contributed by atoms with E-state index < -0.39 is 22.9 Å². The number of hydrogen-bond donors (Lipinski definition) is 1. The predicted octanol–water partition coefficient (Wildman–Crippen LogP) is 2.52. The van der Waals surface area contributed by atoms with Crippen LogP contribution in [0.15, 0.2) is 47.5 Å². The fraction of sp³-hybridized carbons (Fsp3) is 0.360. The molecule has 10 heteroatoms. The Morgan fingerprint density at radius 3 is 2.54 bits per heavy atom. The Morgan fingerprint density at radius 1 is 1.17 bits per heavy atom. The minimum absolute atomic E-state index is 0.0677. The summed E-state index contributed by atoms with van der Waals surface area (Å²) in [6, 6.07) is 8.88. The minimum Gasteiger partial charge on any atom is -0.494 e.